The molecule has 3 heteroatoms. The number of halogens is 1. The van der Waals surface area contributed by atoms with Gasteiger partial charge in [0.25, 0.3) is 0 Å². The lowest BCUT2D eigenvalue weighted by Gasteiger charge is -2.16. The molecule has 1 heterocycles. The summed E-state index contributed by atoms with van der Waals surface area (Å²) in [6, 6.07) is 5.66. The Morgan fingerprint density at radius 2 is 2.32 bits per heavy atom. The Kier molecular flexibility index (Phi) is 5.34. The molecule has 0 radical (unpaired) electrons. The van der Waals surface area contributed by atoms with E-state index in [2.05, 4.69) is 12.2 Å². The van der Waals surface area contributed by atoms with Gasteiger partial charge in [-0.2, -0.15) is 0 Å². The zero-order chi connectivity index (χ0) is 13.7. The van der Waals surface area contributed by atoms with Crippen molar-refractivity contribution in [1.82, 2.24) is 5.32 Å². The first kappa shape index (κ1) is 14.5. The van der Waals surface area contributed by atoms with Gasteiger partial charge in [0.05, 0.1) is 6.10 Å². The summed E-state index contributed by atoms with van der Waals surface area (Å²) in [5.41, 5.74) is 1.72. The average Bonchev–Trinajstić information content (AvgIpc) is 2.91. The Labute approximate surface area is 115 Å². The predicted octanol–water partition coefficient (Wildman–Crippen LogP) is 3.74. The van der Waals surface area contributed by atoms with E-state index < -0.39 is 0 Å². The van der Waals surface area contributed by atoms with E-state index in [-0.39, 0.29) is 11.9 Å². The lowest BCUT2D eigenvalue weighted by Crippen LogP contribution is -2.21. The van der Waals surface area contributed by atoms with Crippen molar-refractivity contribution in [3.8, 4) is 0 Å². The average molecular weight is 265 g/mol. The standard InChI is InChI=1S/C16H24FNO/c1-12-7-8-14(11-16(12)17)13(2)18-9-3-5-15-6-4-10-19-15/h7-8,11,13,15,18H,3-6,9-10H2,1-2H3. The molecule has 2 unspecified atom stereocenters. The second-order valence-corrected chi connectivity index (χ2v) is 5.46. The monoisotopic (exact) mass is 265 g/mol. The van der Waals surface area contributed by atoms with Gasteiger partial charge in [-0.1, -0.05) is 12.1 Å². The Balaban J connectivity index is 1.71. The number of aryl methyl sites for hydroxylation is 1. The van der Waals surface area contributed by atoms with Gasteiger partial charge in [0, 0.05) is 12.6 Å². The van der Waals surface area contributed by atoms with Crippen molar-refractivity contribution < 1.29 is 9.13 Å². The SMILES string of the molecule is Cc1ccc(C(C)NCCCC2CCCO2)cc1F. The number of benzene rings is 1. The topological polar surface area (TPSA) is 21.3 Å². The molecule has 1 aliphatic heterocycles. The van der Waals surface area contributed by atoms with Crippen LogP contribution in [-0.2, 0) is 4.74 Å². The second-order valence-electron chi connectivity index (χ2n) is 5.46. The van der Waals surface area contributed by atoms with E-state index in [1.807, 2.05) is 12.1 Å². The normalized spacial score (nSPS) is 20.7. The summed E-state index contributed by atoms with van der Waals surface area (Å²) in [7, 11) is 0. The van der Waals surface area contributed by atoms with Crippen LogP contribution in [0.1, 0.15) is 49.8 Å². The van der Waals surface area contributed by atoms with Crippen LogP contribution in [0.25, 0.3) is 0 Å². The van der Waals surface area contributed by atoms with E-state index >= 15 is 0 Å². The van der Waals surface area contributed by atoms with Crippen LogP contribution in [0.4, 0.5) is 4.39 Å². The second kappa shape index (κ2) is 7.01. The fraction of sp³-hybridized carbons (Fsp3) is 0.625. The van der Waals surface area contributed by atoms with E-state index in [1.54, 1.807) is 13.0 Å². The van der Waals surface area contributed by atoms with Crippen LogP contribution in [-0.4, -0.2) is 19.3 Å². The quantitative estimate of drug-likeness (QED) is 0.791. The molecule has 2 nitrogen and oxygen atoms in total. The molecule has 0 saturated carbocycles. The van der Waals surface area contributed by atoms with Gasteiger partial charge >= 0.3 is 0 Å². The number of rotatable bonds is 6. The van der Waals surface area contributed by atoms with Gasteiger partial charge in [0.1, 0.15) is 5.82 Å². The minimum atomic E-state index is -0.120. The van der Waals surface area contributed by atoms with Crippen molar-refractivity contribution in [1.29, 1.82) is 0 Å². The zero-order valence-electron chi connectivity index (χ0n) is 11.9. The van der Waals surface area contributed by atoms with Gasteiger partial charge in [-0.25, -0.2) is 4.39 Å². The highest BCUT2D eigenvalue weighted by Crippen LogP contribution is 2.18. The smallest absolute Gasteiger partial charge is 0.126 e. The third-order valence-electron chi connectivity index (χ3n) is 3.87. The molecule has 0 spiro atoms. The zero-order valence-corrected chi connectivity index (χ0v) is 11.9. The summed E-state index contributed by atoms with van der Waals surface area (Å²) in [6.45, 7) is 5.75. The Morgan fingerprint density at radius 3 is 3.00 bits per heavy atom. The highest BCUT2D eigenvalue weighted by atomic mass is 19.1. The molecule has 1 aromatic carbocycles. The Morgan fingerprint density at radius 1 is 1.47 bits per heavy atom. The van der Waals surface area contributed by atoms with Gasteiger partial charge in [0.15, 0.2) is 0 Å². The Bertz CT molecular complexity index is 402. The van der Waals surface area contributed by atoms with Crippen LogP contribution in [0.2, 0.25) is 0 Å². The van der Waals surface area contributed by atoms with Gasteiger partial charge in [-0.15, -0.1) is 0 Å². The van der Waals surface area contributed by atoms with Crippen molar-refractivity contribution >= 4 is 0 Å². The maximum Gasteiger partial charge on any atom is 0.126 e. The third-order valence-corrected chi connectivity index (χ3v) is 3.87. The van der Waals surface area contributed by atoms with Gasteiger partial charge in [-0.05, 0) is 63.3 Å². The summed E-state index contributed by atoms with van der Waals surface area (Å²) in [5.74, 6) is -0.120. The summed E-state index contributed by atoms with van der Waals surface area (Å²) < 4.78 is 19.1. The molecule has 1 fully saturated rings. The highest BCUT2D eigenvalue weighted by Gasteiger charge is 2.14. The summed E-state index contributed by atoms with van der Waals surface area (Å²) in [5, 5.41) is 3.45. The maximum atomic E-state index is 13.5. The molecule has 2 rings (SSSR count). The van der Waals surface area contributed by atoms with E-state index in [1.165, 1.54) is 12.8 Å². The predicted molar refractivity (Wildman–Crippen MR) is 75.8 cm³/mol. The minimum Gasteiger partial charge on any atom is -0.378 e. The molecular weight excluding hydrogens is 241 g/mol. The molecule has 106 valence electrons. The first-order valence-corrected chi connectivity index (χ1v) is 7.28. The lowest BCUT2D eigenvalue weighted by atomic mass is 10.1. The molecule has 0 bridgehead atoms. The number of hydrogen-bond acceptors (Lipinski definition) is 2. The van der Waals surface area contributed by atoms with Crippen LogP contribution in [0.5, 0.6) is 0 Å². The first-order chi connectivity index (χ1) is 9.16. The molecule has 0 aliphatic carbocycles. The number of ether oxygens (including phenoxy) is 1. The molecule has 19 heavy (non-hydrogen) atoms. The largest absolute Gasteiger partial charge is 0.378 e. The molecule has 1 aliphatic rings. The van der Waals surface area contributed by atoms with Crippen LogP contribution >= 0.6 is 0 Å². The molecule has 1 N–H and O–H groups in total. The molecule has 1 saturated heterocycles. The summed E-state index contributed by atoms with van der Waals surface area (Å²) in [6.07, 6.45) is 5.12. The van der Waals surface area contributed by atoms with Gasteiger partial charge in [0.2, 0.25) is 0 Å². The summed E-state index contributed by atoms with van der Waals surface area (Å²) >= 11 is 0. The molecule has 0 amide bonds. The number of nitrogens with one attached hydrogen (secondary N) is 1. The third kappa shape index (κ3) is 4.29. The lowest BCUT2D eigenvalue weighted by molar-refractivity contribution is 0.102. The first-order valence-electron chi connectivity index (χ1n) is 7.28. The van der Waals surface area contributed by atoms with E-state index in [4.69, 9.17) is 4.74 Å². The molecule has 1 aromatic rings. The fourth-order valence-corrected chi connectivity index (χ4v) is 2.52. The van der Waals surface area contributed by atoms with Gasteiger partial charge in [-0.3, -0.25) is 0 Å². The van der Waals surface area contributed by atoms with Crippen molar-refractivity contribution in [2.45, 2.75) is 51.7 Å². The minimum absolute atomic E-state index is 0.120. The van der Waals surface area contributed by atoms with Gasteiger partial charge < -0.3 is 10.1 Å². The van der Waals surface area contributed by atoms with Crippen LogP contribution in [0.15, 0.2) is 18.2 Å². The van der Waals surface area contributed by atoms with Crippen LogP contribution < -0.4 is 5.32 Å². The number of hydrogen-bond donors (Lipinski definition) is 1. The fourth-order valence-electron chi connectivity index (χ4n) is 2.52. The van der Waals surface area contributed by atoms with E-state index in [0.29, 0.717) is 11.7 Å². The van der Waals surface area contributed by atoms with Crippen molar-refractivity contribution in [2.24, 2.45) is 0 Å². The van der Waals surface area contributed by atoms with Crippen molar-refractivity contribution in [3.05, 3.63) is 35.1 Å². The molecule has 0 aromatic heterocycles. The molecular formula is C16H24FNO. The Hall–Kier alpha value is -0.930. The van der Waals surface area contributed by atoms with E-state index in [9.17, 15) is 4.39 Å². The van der Waals surface area contributed by atoms with Crippen LogP contribution in [0, 0.1) is 12.7 Å². The van der Waals surface area contributed by atoms with Crippen LogP contribution in [0.3, 0.4) is 0 Å². The van der Waals surface area contributed by atoms with E-state index in [0.717, 1.165) is 31.6 Å². The summed E-state index contributed by atoms with van der Waals surface area (Å²) in [4.78, 5) is 0. The van der Waals surface area contributed by atoms with Crippen molar-refractivity contribution in [3.63, 3.8) is 0 Å². The van der Waals surface area contributed by atoms with Crippen molar-refractivity contribution in [2.75, 3.05) is 13.2 Å². The highest BCUT2D eigenvalue weighted by molar-refractivity contribution is 5.25. The molecule has 2 atom stereocenters. The maximum absolute atomic E-state index is 13.5.